The topological polar surface area (TPSA) is 61.8 Å². The van der Waals surface area contributed by atoms with E-state index in [1.807, 2.05) is 6.92 Å². The lowest BCUT2D eigenvalue weighted by Gasteiger charge is -2.23. The minimum atomic E-state index is -0.172. The van der Waals surface area contributed by atoms with Crippen LogP contribution in [0.4, 0.5) is 0 Å². The summed E-state index contributed by atoms with van der Waals surface area (Å²) in [5.74, 6) is 0.131. The van der Waals surface area contributed by atoms with E-state index in [4.69, 9.17) is 14.2 Å². The molecule has 0 saturated heterocycles. The molecule has 0 spiro atoms. The van der Waals surface area contributed by atoms with E-state index >= 15 is 0 Å². The number of hydrogen-bond acceptors (Lipinski definition) is 5. The SMILES string of the molecule is CCOC(=O)CCc1cc2c(c(C)c1CCOCOC)CC(=O)CC2. The number of aryl methyl sites for hydroxylation is 2. The Labute approximate surface area is 149 Å². The van der Waals surface area contributed by atoms with Crippen LogP contribution >= 0.6 is 0 Å². The number of hydrogen-bond donors (Lipinski definition) is 0. The molecule has 0 bridgehead atoms. The molecular weight excluding hydrogens is 320 g/mol. The molecule has 5 nitrogen and oxygen atoms in total. The van der Waals surface area contributed by atoms with E-state index in [2.05, 4.69) is 13.0 Å². The molecule has 0 aromatic heterocycles. The Bertz CT molecular complexity index is 621. The van der Waals surface area contributed by atoms with Gasteiger partial charge < -0.3 is 14.2 Å². The van der Waals surface area contributed by atoms with E-state index in [0.717, 1.165) is 18.4 Å². The largest absolute Gasteiger partial charge is 0.466 e. The number of Topliss-reactive ketones (excluding diaryl/α,β-unsaturated/α-hetero) is 1. The number of ether oxygens (including phenoxy) is 3. The number of fused-ring (bicyclic) bond motifs is 1. The molecule has 0 radical (unpaired) electrons. The monoisotopic (exact) mass is 348 g/mol. The predicted octanol–water partition coefficient (Wildman–Crippen LogP) is 2.71. The van der Waals surface area contributed by atoms with Crippen LogP contribution in [-0.2, 0) is 49.5 Å². The first kappa shape index (κ1) is 19.6. The Morgan fingerprint density at radius 1 is 1.24 bits per heavy atom. The number of carbonyl (C=O) groups excluding carboxylic acids is 2. The fraction of sp³-hybridized carbons (Fsp3) is 0.600. The normalized spacial score (nSPS) is 13.6. The first-order chi connectivity index (χ1) is 12.1. The van der Waals surface area contributed by atoms with Gasteiger partial charge in [0.1, 0.15) is 12.6 Å². The third kappa shape index (κ3) is 5.38. The summed E-state index contributed by atoms with van der Waals surface area (Å²) < 4.78 is 15.4. The van der Waals surface area contributed by atoms with E-state index in [-0.39, 0.29) is 12.8 Å². The van der Waals surface area contributed by atoms with Crippen LogP contribution in [0, 0.1) is 6.92 Å². The molecule has 1 aromatic rings. The van der Waals surface area contributed by atoms with Crippen LogP contribution in [0.2, 0.25) is 0 Å². The number of esters is 1. The summed E-state index contributed by atoms with van der Waals surface area (Å²) >= 11 is 0. The molecule has 138 valence electrons. The molecule has 0 amide bonds. The molecule has 0 aliphatic heterocycles. The molecule has 0 N–H and O–H groups in total. The van der Waals surface area contributed by atoms with Gasteiger partial charge >= 0.3 is 5.97 Å². The van der Waals surface area contributed by atoms with Crippen molar-refractivity contribution in [2.45, 2.75) is 52.4 Å². The highest BCUT2D eigenvalue weighted by molar-refractivity contribution is 5.84. The van der Waals surface area contributed by atoms with Crippen LogP contribution in [0.25, 0.3) is 0 Å². The smallest absolute Gasteiger partial charge is 0.306 e. The Hall–Kier alpha value is -1.72. The summed E-state index contributed by atoms with van der Waals surface area (Å²) in [5.41, 5.74) is 5.94. The van der Waals surface area contributed by atoms with E-state index in [1.165, 1.54) is 22.3 Å². The van der Waals surface area contributed by atoms with Crippen LogP contribution in [0.3, 0.4) is 0 Å². The maximum absolute atomic E-state index is 11.9. The summed E-state index contributed by atoms with van der Waals surface area (Å²) in [7, 11) is 1.60. The van der Waals surface area contributed by atoms with Crippen molar-refractivity contribution in [2.24, 2.45) is 0 Å². The van der Waals surface area contributed by atoms with Gasteiger partial charge in [-0.15, -0.1) is 0 Å². The first-order valence-corrected chi connectivity index (χ1v) is 8.93. The Morgan fingerprint density at radius 3 is 2.76 bits per heavy atom. The quantitative estimate of drug-likeness (QED) is 0.390. The molecule has 2 rings (SSSR count). The zero-order valence-corrected chi connectivity index (χ0v) is 15.5. The van der Waals surface area contributed by atoms with Gasteiger partial charge in [-0.3, -0.25) is 9.59 Å². The van der Waals surface area contributed by atoms with E-state index < -0.39 is 0 Å². The van der Waals surface area contributed by atoms with Gasteiger partial charge in [-0.05, 0) is 60.9 Å². The summed E-state index contributed by atoms with van der Waals surface area (Å²) in [6.07, 6.45) is 3.69. The number of benzene rings is 1. The molecule has 1 aliphatic rings. The average molecular weight is 348 g/mol. The van der Waals surface area contributed by atoms with Gasteiger partial charge in [0.25, 0.3) is 0 Å². The van der Waals surface area contributed by atoms with Gasteiger partial charge in [0.15, 0.2) is 0 Å². The molecule has 1 aromatic carbocycles. The summed E-state index contributed by atoms with van der Waals surface area (Å²) in [6, 6.07) is 2.18. The molecule has 0 saturated carbocycles. The third-order valence-electron chi connectivity index (χ3n) is 4.68. The second kappa shape index (κ2) is 9.68. The van der Waals surface area contributed by atoms with Crippen molar-refractivity contribution in [2.75, 3.05) is 27.1 Å². The molecule has 0 fully saturated rings. The van der Waals surface area contributed by atoms with Crippen LogP contribution in [0.1, 0.15) is 47.6 Å². The maximum atomic E-state index is 11.9. The minimum Gasteiger partial charge on any atom is -0.466 e. The highest BCUT2D eigenvalue weighted by Crippen LogP contribution is 2.29. The van der Waals surface area contributed by atoms with Gasteiger partial charge in [0, 0.05) is 26.4 Å². The standard InChI is InChI=1S/C20H28O5/c1-4-25-20(22)8-6-15-11-16-5-7-17(21)12-19(16)14(2)18(15)9-10-24-13-23-3/h11H,4-10,12-13H2,1-3H3. The van der Waals surface area contributed by atoms with Gasteiger partial charge in [-0.25, -0.2) is 0 Å². The van der Waals surface area contributed by atoms with Crippen molar-refractivity contribution in [1.82, 2.24) is 0 Å². The van der Waals surface area contributed by atoms with Crippen molar-refractivity contribution in [3.63, 3.8) is 0 Å². The Kier molecular flexibility index (Phi) is 7.59. The molecule has 1 aliphatic carbocycles. The predicted molar refractivity (Wildman–Crippen MR) is 94.7 cm³/mol. The number of carbonyl (C=O) groups is 2. The van der Waals surface area contributed by atoms with Crippen molar-refractivity contribution in [3.05, 3.63) is 33.9 Å². The van der Waals surface area contributed by atoms with Crippen LogP contribution in [0.5, 0.6) is 0 Å². The van der Waals surface area contributed by atoms with Crippen molar-refractivity contribution < 1.29 is 23.8 Å². The fourth-order valence-corrected chi connectivity index (χ4v) is 3.43. The second-order valence-electron chi connectivity index (χ2n) is 6.36. The molecule has 0 unspecified atom stereocenters. The van der Waals surface area contributed by atoms with Crippen molar-refractivity contribution >= 4 is 11.8 Å². The Balaban J connectivity index is 2.22. The molecule has 25 heavy (non-hydrogen) atoms. The highest BCUT2D eigenvalue weighted by atomic mass is 16.7. The van der Waals surface area contributed by atoms with Gasteiger partial charge in [-0.1, -0.05) is 6.07 Å². The van der Waals surface area contributed by atoms with E-state index in [0.29, 0.717) is 44.7 Å². The average Bonchev–Trinajstić information content (AvgIpc) is 2.59. The van der Waals surface area contributed by atoms with Crippen molar-refractivity contribution in [3.8, 4) is 0 Å². The van der Waals surface area contributed by atoms with E-state index in [9.17, 15) is 9.59 Å². The molecule has 5 heteroatoms. The highest BCUT2D eigenvalue weighted by Gasteiger charge is 2.21. The number of ketones is 1. The molecule has 0 heterocycles. The first-order valence-electron chi connectivity index (χ1n) is 8.93. The van der Waals surface area contributed by atoms with Gasteiger partial charge in [-0.2, -0.15) is 0 Å². The third-order valence-corrected chi connectivity index (χ3v) is 4.68. The van der Waals surface area contributed by atoms with Crippen molar-refractivity contribution in [1.29, 1.82) is 0 Å². The fourth-order valence-electron chi connectivity index (χ4n) is 3.43. The van der Waals surface area contributed by atoms with Gasteiger partial charge in [0.05, 0.1) is 13.2 Å². The number of methoxy groups -OCH3 is 1. The molecule has 0 atom stereocenters. The maximum Gasteiger partial charge on any atom is 0.306 e. The summed E-state index contributed by atoms with van der Waals surface area (Å²) in [5, 5.41) is 0. The van der Waals surface area contributed by atoms with Crippen LogP contribution in [0.15, 0.2) is 6.07 Å². The Morgan fingerprint density at radius 2 is 2.04 bits per heavy atom. The lowest BCUT2D eigenvalue weighted by Crippen LogP contribution is -2.18. The lowest BCUT2D eigenvalue weighted by atomic mass is 9.82. The summed E-state index contributed by atoms with van der Waals surface area (Å²) in [4.78, 5) is 23.6. The minimum absolute atomic E-state index is 0.172. The second-order valence-corrected chi connectivity index (χ2v) is 6.36. The zero-order chi connectivity index (χ0) is 18.2. The summed E-state index contributed by atoms with van der Waals surface area (Å²) in [6.45, 7) is 5.11. The van der Waals surface area contributed by atoms with Crippen LogP contribution in [-0.4, -0.2) is 38.9 Å². The molecular formula is C20H28O5. The number of rotatable bonds is 9. The van der Waals surface area contributed by atoms with Gasteiger partial charge in [0.2, 0.25) is 0 Å². The zero-order valence-electron chi connectivity index (χ0n) is 15.5. The van der Waals surface area contributed by atoms with Crippen LogP contribution < -0.4 is 0 Å². The van der Waals surface area contributed by atoms with E-state index in [1.54, 1.807) is 7.11 Å². The lowest BCUT2D eigenvalue weighted by molar-refractivity contribution is -0.143.